The van der Waals surface area contributed by atoms with Crippen LogP contribution in [0.1, 0.15) is 18.2 Å². The van der Waals surface area contributed by atoms with Crippen LogP contribution in [-0.2, 0) is 6.54 Å². The molecule has 1 aromatic carbocycles. The first-order valence-corrected chi connectivity index (χ1v) is 5.13. The summed E-state index contributed by atoms with van der Waals surface area (Å²) in [5.41, 5.74) is 4.83. The summed E-state index contributed by atoms with van der Waals surface area (Å²) in [6, 6.07) is 12.6. The Morgan fingerprint density at radius 2 is 2.00 bits per heavy atom. The van der Waals surface area contributed by atoms with Crippen LogP contribution in [0.5, 0.6) is 0 Å². The van der Waals surface area contributed by atoms with E-state index in [2.05, 4.69) is 59.1 Å². The highest BCUT2D eigenvalue weighted by atomic mass is 15.0. The van der Waals surface area contributed by atoms with E-state index < -0.39 is 0 Å². The first kappa shape index (κ1) is 8.48. The van der Waals surface area contributed by atoms with E-state index in [0.29, 0.717) is 0 Å². The van der Waals surface area contributed by atoms with Gasteiger partial charge in [-0.2, -0.15) is 0 Å². The summed E-state index contributed by atoms with van der Waals surface area (Å²) in [6.45, 7) is 2.85. The Morgan fingerprint density at radius 1 is 1.13 bits per heavy atom. The highest BCUT2D eigenvalue weighted by Gasteiger charge is 2.12. The van der Waals surface area contributed by atoms with Crippen LogP contribution in [0.4, 0.5) is 0 Å². The van der Waals surface area contributed by atoms with Gasteiger partial charge in [0.15, 0.2) is 0 Å². The van der Waals surface area contributed by atoms with Crippen molar-refractivity contribution in [3.05, 3.63) is 53.9 Å². The first-order chi connectivity index (χ1) is 7.36. The van der Waals surface area contributed by atoms with E-state index in [4.69, 9.17) is 0 Å². The molecular weight excluding hydrogens is 184 g/mol. The molecule has 1 aromatic heterocycles. The van der Waals surface area contributed by atoms with Crippen LogP contribution in [0.25, 0.3) is 5.69 Å². The van der Waals surface area contributed by atoms with Crippen molar-refractivity contribution in [3.63, 3.8) is 0 Å². The maximum atomic E-state index is 4.57. The average Bonchev–Trinajstić information content (AvgIpc) is 2.71. The smallest absolute Gasteiger partial charge is 0.0664 e. The Kier molecular flexibility index (Phi) is 1.75. The molecule has 0 saturated carbocycles. The van der Waals surface area contributed by atoms with E-state index in [0.717, 1.165) is 12.3 Å². The van der Waals surface area contributed by atoms with Crippen molar-refractivity contribution in [1.29, 1.82) is 0 Å². The number of hydrogen-bond donors (Lipinski definition) is 0. The lowest BCUT2D eigenvalue weighted by molar-refractivity contribution is 1.02. The van der Waals surface area contributed by atoms with Gasteiger partial charge in [0, 0.05) is 6.20 Å². The molecule has 0 amide bonds. The third-order valence-electron chi connectivity index (χ3n) is 2.86. The molecule has 74 valence electrons. The molecule has 1 aliphatic heterocycles. The van der Waals surface area contributed by atoms with Crippen molar-refractivity contribution in [3.8, 4) is 5.69 Å². The van der Waals surface area contributed by atoms with Crippen LogP contribution < -0.4 is 0 Å². The van der Waals surface area contributed by atoms with Gasteiger partial charge in [-0.25, -0.2) is 0 Å². The second-order valence-electron chi connectivity index (χ2n) is 3.79. The van der Waals surface area contributed by atoms with Gasteiger partial charge in [0.1, 0.15) is 0 Å². The van der Waals surface area contributed by atoms with Crippen LogP contribution >= 0.6 is 0 Å². The van der Waals surface area contributed by atoms with E-state index in [1.807, 2.05) is 0 Å². The normalized spacial score (nSPS) is 13.8. The van der Waals surface area contributed by atoms with Crippen LogP contribution in [0.15, 0.2) is 47.6 Å². The van der Waals surface area contributed by atoms with Gasteiger partial charge >= 0.3 is 0 Å². The molecule has 0 aliphatic carbocycles. The average molecular weight is 196 g/mol. The molecule has 0 unspecified atom stereocenters. The zero-order valence-electron chi connectivity index (χ0n) is 8.64. The van der Waals surface area contributed by atoms with Gasteiger partial charge in [-0.1, -0.05) is 18.2 Å². The fraction of sp³-hybridized carbons (Fsp3) is 0.154. The number of hydrogen-bond acceptors (Lipinski definition) is 1. The zero-order valence-corrected chi connectivity index (χ0v) is 8.64. The van der Waals surface area contributed by atoms with Crippen LogP contribution in [-0.4, -0.2) is 10.3 Å². The number of para-hydroxylation sites is 1. The van der Waals surface area contributed by atoms with Gasteiger partial charge < -0.3 is 4.57 Å². The molecule has 2 heterocycles. The van der Waals surface area contributed by atoms with Crippen LogP contribution in [0.3, 0.4) is 0 Å². The summed E-state index contributed by atoms with van der Waals surface area (Å²) in [5, 5.41) is 0. The topological polar surface area (TPSA) is 17.3 Å². The van der Waals surface area contributed by atoms with Crippen molar-refractivity contribution < 1.29 is 0 Å². The molecular formula is C13H12N2. The summed E-state index contributed by atoms with van der Waals surface area (Å²) in [6.07, 6.45) is 2.10. The highest BCUT2D eigenvalue weighted by Crippen LogP contribution is 2.22. The lowest BCUT2D eigenvalue weighted by Gasteiger charge is -2.08. The second kappa shape index (κ2) is 3.09. The van der Waals surface area contributed by atoms with E-state index in [-0.39, 0.29) is 0 Å². The Hall–Kier alpha value is -1.83. The third-order valence-corrected chi connectivity index (χ3v) is 2.86. The summed E-state index contributed by atoms with van der Waals surface area (Å²) in [7, 11) is 0. The van der Waals surface area contributed by atoms with Gasteiger partial charge in [-0.15, -0.1) is 0 Å². The quantitative estimate of drug-likeness (QED) is 0.616. The Morgan fingerprint density at radius 3 is 2.93 bits per heavy atom. The maximum Gasteiger partial charge on any atom is 0.0664 e. The number of nitrogens with zero attached hydrogens (tertiary/aromatic N) is 2. The molecule has 0 fully saturated rings. The SMILES string of the molecule is CC1=NCc2ccccc2-n2cccc21. The number of aliphatic imine (C=N–C) groups is 1. The summed E-state index contributed by atoms with van der Waals surface area (Å²) < 4.78 is 2.21. The third kappa shape index (κ3) is 1.22. The lowest BCUT2D eigenvalue weighted by atomic mass is 10.2. The first-order valence-electron chi connectivity index (χ1n) is 5.13. The number of rotatable bonds is 0. The van der Waals surface area contributed by atoms with E-state index >= 15 is 0 Å². The van der Waals surface area contributed by atoms with Crippen molar-refractivity contribution in [2.24, 2.45) is 4.99 Å². The molecule has 1 aliphatic rings. The van der Waals surface area contributed by atoms with E-state index in [1.54, 1.807) is 0 Å². The minimum absolute atomic E-state index is 0.781. The maximum absolute atomic E-state index is 4.57. The fourth-order valence-corrected chi connectivity index (χ4v) is 2.05. The molecule has 0 bridgehead atoms. The Labute approximate surface area is 88.9 Å². The van der Waals surface area contributed by atoms with Crippen molar-refractivity contribution >= 4 is 5.71 Å². The second-order valence-corrected chi connectivity index (χ2v) is 3.79. The summed E-state index contributed by atoms with van der Waals surface area (Å²) in [4.78, 5) is 4.57. The molecule has 2 aromatic rings. The van der Waals surface area contributed by atoms with Gasteiger partial charge in [0.25, 0.3) is 0 Å². The molecule has 0 saturated heterocycles. The van der Waals surface area contributed by atoms with Gasteiger partial charge in [0.05, 0.1) is 23.6 Å². The Bertz CT molecular complexity index is 535. The number of fused-ring (bicyclic) bond motifs is 3. The van der Waals surface area contributed by atoms with Crippen LogP contribution in [0.2, 0.25) is 0 Å². The molecule has 0 atom stereocenters. The minimum atomic E-state index is 0.781. The minimum Gasteiger partial charge on any atom is -0.315 e. The largest absolute Gasteiger partial charge is 0.315 e. The van der Waals surface area contributed by atoms with Crippen molar-refractivity contribution in [2.45, 2.75) is 13.5 Å². The van der Waals surface area contributed by atoms with Crippen molar-refractivity contribution in [2.75, 3.05) is 0 Å². The van der Waals surface area contributed by atoms with Gasteiger partial charge in [-0.3, -0.25) is 4.99 Å². The number of benzene rings is 1. The highest BCUT2D eigenvalue weighted by molar-refractivity contribution is 5.98. The molecule has 2 heteroatoms. The summed E-state index contributed by atoms with van der Waals surface area (Å²) in [5.74, 6) is 0. The van der Waals surface area contributed by atoms with Gasteiger partial charge in [0.2, 0.25) is 0 Å². The predicted molar refractivity (Wildman–Crippen MR) is 61.7 cm³/mol. The lowest BCUT2D eigenvalue weighted by Crippen LogP contribution is -2.02. The molecule has 0 radical (unpaired) electrons. The molecule has 0 N–H and O–H groups in total. The molecule has 0 spiro atoms. The molecule has 2 nitrogen and oxygen atoms in total. The van der Waals surface area contributed by atoms with E-state index in [9.17, 15) is 0 Å². The van der Waals surface area contributed by atoms with Crippen molar-refractivity contribution in [1.82, 2.24) is 4.57 Å². The number of aromatic nitrogens is 1. The van der Waals surface area contributed by atoms with Crippen LogP contribution in [0, 0.1) is 0 Å². The standard InChI is InChI=1S/C13H12N2/c1-10-12-7-4-8-15(12)13-6-3-2-5-11(13)9-14-10/h2-8H,9H2,1H3. The molecule has 15 heavy (non-hydrogen) atoms. The van der Waals surface area contributed by atoms with E-state index in [1.165, 1.54) is 16.9 Å². The fourth-order valence-electron chi connectivity index (χ4n) is 2.05. The zero-order chi connectivity index (χ0) is 10.3. The predicted octanol–water partition coefficient (Wildman–Crippen LogP) is 2.80. The molecule has 3 rings (SSSR count). The monoisotopic (exact) mass is 196 g/mol. The Balaban J connectivity index is 2.33. The summed E-state index contributed by atoms with van der Waals surface area (Å²) >= 11 is 0. The van der Waals surface area contributed by atoms with Gasteiger partial charge in [-0.05, 0) is 30.7 Å².